The van der Waals surface area contributed by atoms with E-state index in [0.29, 0.717) is 0 Å². The third-order valence-corrected chi connectivity index (χ3v) is 2.40. The van der Waals surface area contributed by atoms with Gasteiger partial charge in [0.2, 0.25) is 0 Å². The van der Waals surface area contributed by atoms with Gasteiger partial charge in [-0.15, -0.1) is 6.07 Å². The quantitative estimate of drug-likeness (QED) is 0.586. The maximum atomic E-state index is 5.17. The smallest absolute Gasteiger partial charge is 0.119 e. The van der Waals surface area contributed by atoms with Crippen molar-refractivity contribution in [2.24, 2.45) is 0 Å². The van der Waals surface area contributed by atoms with Crippen LogP contribution in [0.2, 0.25) is 0 Å². The molecule has 2 aromatic rings. The Bertz CT molecular complexity index is 408. The Kier molecular flexibility index (Phi) is 4.17. The predicted octanol–water partition coefficient (Wildman–Crippen LogP) is 3.42. The Morgan fingerprint density at radius 2 is 1.67 bits per heavy atom. The molecule has 0 N–H and O–H groups in total. The van der Waals surface area contributed by atoms with Gasteiger partial charge in [0.05, 0.1) is 7.11 Å². The van der Waals surface area contributed by atoms with E-state index in [0.717, 1.165) is 5.75 Å². The summed E-state index contributed by atoms with van der Waals surface area (Å²) in [6.07, 6.45) is 2.10. The van der Waals surface area contributed by atoms with E-state index in [4.69, 9.17) is 4.74 Å². The second-order valence-electron chi connectivity index (χ2n) is 3.26. The molecule has 0 saturated carbocycles. The van der Waals surface area contributed by atoms with E-state index in [-0.39, 0.29) is 19.5 Å². The van der Waals surface area contributed by atoms with Crippen LogP contribution in [0, 0.1) is 6.42 Å². The standard InChI is InChI=1S/C13H13O.Zn/c1-3-10-4-5-12-9-13(14-2)7-6-11(12)8-10;/h3-9H,1-2H3;/q-1;. The van der Waals surface area contributed by atoms with Gasteiger partial charge in [-0.05, 0) is 17.5 Å². The zero-order valence-electron chi connectivity index (χ0n) is 9.16. The first-order chi connectivity index (χ1) is 6.83. The largest absolute Gasteiger partial charge is 0.497 e. The Balaban J connectivity index is 0.00000112. The van der Waals surface area contributed by atoms with Crippen LogP contribution in [0.25, 0.3) is 10.8 Å². The van der Waals surface area contributed by atoms with E-state index in [1.54, 1.807) is 7.11 Å². The number of fused-ring (bicyclic) bond motifs is 1. The Morgan fingerprint density at radius 3 is 2.33 bits per heavy atom. The summed E-state index contributed by atoms with van der Waals surface area (Å²) < 4.78 is 5.17. The SMILES string of the molecule is C[CH-]c1ccc2cc(OC)ccc2c1.[Zn]. The third kappa shape index (κ3) is 2.51. The number of benzene rings is 2. The average Bonchev–Trinajstić information content (AvgIpc) is 2.27. The van der Waals surface area contributed by atoms with Crippen LogP contribution in [-0.2, 0) is 19.5 Å². The van der Waals surface area contributed by atoms with E-state index in [1.807, 2.05) is 13.0 Å². The topological polar surface area (TPSA) is 9.23 Å². The summed E-state index contributed by atoms with van der Waals surface area (Å²) in [5.41, 5.74) is 1.25. The molecule has 0 aromatic heterocycles. The zero-order chi connectivity index (χ0) is 9.97. The fraction of sp³-hybridized carbons (Fsp3) is 0.154. The maximum absolute atomic E-state index is 5.17. The number of methoxy groups -OCH3 is 1. The number of hydrogen-bond donors (Lipinski definition) is 0. The molecule has 0 aliphatic carbocycles. The van der Waals surface area contributed by atoms with Crippen LogP contribution in [0.15, 0.2) is 36.4 Å². The van der Waals surface area contributed by atoms with Crippen LogP contribution in [0.4, 0.5) is 0 Å². The van der Waals surface area contributed by atoms with Crippen LogP contribution >= 0.6 is 0 Å². The molecule has 0 bridgehead atoms. The average molecular weight is 251 g/mol. The molecule has 2 rings (SSSR count). The molecule has 0 fully saturated rings. The summed E-state index contributed by atoms with van der Waals surface area (Å²) in [7, 11) is 1.69. The van der Waals surface area contributed by atoms with Gasteiger partial charge in [0, 0.05) is 19.5 Å². The first-order valence-electron chi connectivity index (χ1n) is 4.70. The van der Waals surface area contributed by atoms with Crippen molar-refractivity contribution < 1.29 is 24.2 Å². The van der Waals surface area contributed by atoms with Crippen molar-refractivity contribution in [1.29, 1.82) is 0 Å². The van der Waals surface area contributed by atoms with Gasteiger partial charge < -0.3 is 4.74 Å². The fourth-order valence-corrected chi connectivity index (χ4v) is 1.55. The van der Waals surface area contributed by atoms with Crippen molar-refractivity contribution in [3.8, 4) is 5.75 Å². The number of ether oxygens (including phenoxy) is 1. The summed E-state index contributed by atoms with van der Waals surface area (Å²) in [6.45, 7) is 2.05. The molecule has 0 aliphatic heterocycles. The first kappa shape index (κ1) is 12.1. The summed E-state index contributed by atoms with van der Waals surface area (Å²) in [5, 5.41) is 2.47. The minimum atomic E-state index is 0. The summed E-state index contributed by atoms with van der Waals surface area (Å²) in [4.78, 5) is 0. The fourth-order valence-electron chi connectivity index (χ4n) is 1.55. The van der Waals surface area contributed by atoms with Crippen LogP contribution in [-0.4, -0.2) is 7.11 Å². The van der Waals surface area contributed by atoms with Crippen LogP contribution in [0.3, 0.4) is 0 Å². The molecule has 2 heteroatoms. The number of hydrogen-bond acceptors (Lipinski definition) is 1. The van der Waals surface area contributed by atoms with Crippen molar-refractivity contribution >= 4 is 10.8 Å². The second kappa shape index (κ2) is 5.18. The molecule has 0 saturated heterocycles. The summed E-state index contributed by atoms with van der Waals surface area (Å²) >= 11 is 0. The van der Waals surface area contributed by atoms with Crippen LogP contribution in [0.1, 0.15) is 12.5 Å². The van der Waals surface area contributed by atoms with Crippen molar-refractivity contribution in [2.75, 3.05) is 7.11 Å². The van der Waals surface area contributed by atoms with Gasteiger partial charge in [-0.25, -0.2) is 0 Å². The molecule has 0 heterocycles. The monoisotopic (exact) mass is 249 g/mol. The molecular formula is C13H13OZn-. The van der Waals surface area contributed by atoms with E-state index in [2.05, 4.69) is 36.8 Å². The Morgan fingerprint density at radius 1 is 1.00 bits per heavy atom. The molecule has 0 spiro atoms. The van der Waals surface area contributed by atoms with Crippen molar-refractivity contribution in [3.63, 3.8) is 0 Å². The van der Waals surface area contributed by atoms with E-state index < -0.39 is 0 Å². The molecule has 1 nitrogen and oxygen atoms in total. The number of rotatable bonds is 2. The molecular weight excluding hydrogens is 238 g/mol. The van der Waals surface area contributed by atoms with Crippen molar-refractivity contribution in [2.45, 2.75) is 6.92 Å². The van der Waals surface area contributed by atoms with E-state index in [9.17, 15) is 0 Å². The second-order valence-corrected chi connectivity index (χ2v) is 3.26. The van der Waals surface area contributed by atoms with Gasteiger partial charge in [-0.3, -0.25) is 0 Å². The molecule has 0 aliphatic rings. The molecule has 0 atom stereocenters. The summed E-state index contributed by atoms with van der Waals surface area (Å²) in [6, 6.07) is 12.5. The molecule has 0 amide bonds. The predicted molar refractivity (Wildman–Crippen MR) is 59.6 cm³/mol. The molecule has 74 valence electrons. The van der Waals surface area contributed by atoms with E-state index in [1.165, 1.54) is 16.3 Å². The molecule has 2 aromatic carbocycles. The first-order valence-corrected chi connectivity index (χ1v) is 4.70. The minimum absolute atomic E-state index is 0. The Hall–Kier alpha value is -1.01. The van der Waals surface area contributed by atoms with Gasteiger partial charge in [0.1, 0.15) is 5.75 Å². The molecule has 0 unspecified atom stereocenters. The van der Waals surface area contributed by atoms with Crippen LogP contribution < -0.4 is 4.74 Å². The van der Waals surface area contributed by atoms with Crippen molar-refractivity contribution in [3.05, 3.63) is 48.4 Å². The van der Waals surface area contributed by atoms with Crippen LogP contribution in [0.5, 0.6) is 5.75 Å². The minimum Gasteiger partial charge on any atom is -0.497 e. The summed E-state index contributed by atoms with van der Waals surface area (Å²) in [5.74, 6) is 0.908. The van der Waals surface area contributed by atoms with Gasteiger partial charge in [0.25, 0.3) is 0 Å². The van der Waals surface area contributed by atoms with Gasteiger partial charge in [-0.1, -0.05) is 18.4 Å². The van der Waals surface area contributed by atoms with Gasteiger partial charge >= 0.3 is 0 Å². The van der Waals surface area contributed by atoms with Gasteiger partial charge in [-0.2, -0.15) is 24.1 Å². The van der Waals surface area contributed by atoms with Gasteiger partial charge in [0.15, 0.2) is 0 Å². The molecule has 0 radical (unpaired) electrons. The van der Waals surface area contributed by atoms with Crippen molar-refractivity contribution in [1.82, 2.24) is 0 Å². The zero-order valence-corrected chi connectivity index (χ0v) is 12.1. The van der Waals surface area contributed by atoms with E-state index >= 15 is 0 Å². The molecule has 15 heavy (non-hydrogen) atoms. The Labute approximate surface area is 103 Å². The third-order valence-electron chi connectivity index (χ3n) is 2.40. The maximum Gasteiger partial charge on any atom is 0.119 e. The normalized spacial score (nSPS) is 9.47.